The van der Waals surface area contributed by atoms with Gasteiger partial charge in [0.25, 0.3) is 0 Å². The number of allylic oxidation sites excluding steroid dienone is 2. The molecule has 0 bridgehead atoms. The summed E-state index contributed by atoms with van der Waals surface area (Å²) in [5.74, 6) is -0.185. The fourth-order valence-corrected chi connectivity index (χ4v) is 1.89. The number of aromatic nitrogens is 1. The number of rotatable bonds is 1. The molecule has 2 aromatic rings. The number of nitrogens with zero attached hydrogens (tertiary/aromatic N) is 2. The molecule has 7 nitrogen and oxygen atoms in total. The Morgan fingerprint density at radius 3 is 1.55 bits per heavy atom. The van der Waals surface area contributed by atoms with Gasteiger partial charge in [-0.25, -0.2) is 0 Å². The Labute approximate surface area is 165 Å². The van der Waals surface area contributed by atoms with Gasteiger partial charge in [0.1, 0.15) is 0 Å². The number of anilines is 1. The highest BCUT2D eigenvalue weighted by molar-refractivity contribution is 7.86. The Bertz CT molecular complexity index is 951. The molecular weight excluding hydrogens is 413 g/mol. The van der Waals surface area contributed by atoms with E-state index in [-0.39, 0.29) is 11.6 Å². The Hall–Kier alpha value is -3.05. The maximum atomic E-state index is 11.2. The minimum atomic E-state index is -5.84. The first-order valence-corrected chi connectivity index (χ1v) is 9.25. The van der Waals surface area contributed by atoms with E-state index in [0.717, 1.165) is 0 Å². The van der Waals surface area contributed by atoms with E-state index in [0.29, 0.717) is 11.1 Å². The van der Waals surface area contributed by atoms with Gasteiger partial charge in [-0.3, -0.25) is 19.1 Å². The molecule has 29 heavy (non-hydrogen) atoms. The van der Waals surface area contributed by atoms with E-state index in [9.17, 15) is 22.8 Å². The number of alkyl halides is 3. The number of fused-ring (bicyclic) bond motifs is 1. The largest absolute Gasteiger partial charge is 0.522 e. The molecule has 0 saturated heterocycles. The summed E-state index contributed by atoms with van der Waals surface area (Å²) >= 11 is 0. The molecule has 0 spiro atoms. The second-order valence-electron chi connectivity index (χ2n) is 5.63. The van der Waals surface area contributed by atoms with Crippen LogP contribution in [0.4, 0.5) is 18.9 Å². The number of benzene rings is 1. The Kier molecular flexibility index (Phi) is 8.22. The monoisotopic (exact) mass is 430 g/mol. The smallest absolute Gasteiger partial charge is 0.378 e. The van der Waals surface area contributed by atoms with Crippen molar-refractivity contribution >= 4 is 27.4 Å². The van der Waals surface area contributed by atoms with Crippen molar-refractivity contribution in [3.63, 3.8) is 0 Å². The normalized spacial score (nSPS) is 12.8. The molecule has 156 valence electrons. The first kappa shape index (κ1) is 24.0. The summed E-state index contributed by atoms with van der Waals surface area (Å²) < 4.78 is 57.5. The first-order chi connectivity index (χ1) is 13.3. The van der Waals surface area contributed by atoms with Crippen LogP contribution in [0.5, 0.6) is 0 Å². The molecule has 1 aromatic heterocycles. The van der Waals surface area contributed by atoms with E-state index in [1.807, 2.05) is 31.1 Å². The topological polar surface area (TPSA) is 105 Å². The van der Waals surface area contributed by atoms with Crippen LogP contribution in [0.1, 0.15) is 20.7 Å². The SMILES string of the molecule is CN(C)c1ccncc1.O=C1C=CC(=O)c2ccccc21.O=S(=O)(O)C(F)(F)F. The maximum absolute atomic E-state index is 11.2. The number of hydrogen-bond donors (Lipinski definition) is 1. The van der Waals surface area contributed by atoms with Crippen LogP contribution >= 0.6 is 0 Å². The van der Waals surface area contributed by atoms with Gasteiger partial charge in [0.15, 0.2) is 11.6 Å². The van der Waals surface area contributed by atoms with Crippen molar-refractivity contribution in [3.05, 3.63) is 72.1 Å². The molecule has 1 heterocycles. The highest BCUT2D eigenvalue weighted by Gasteiger charge is 2.44. The van der Waals surface area contributed by atoms with Crippen molar-refractivity contribution in [2.75, 3.05) is 19.0 Å². The molecule has 0 aliphatic heterocycles. The number of pyridine rings is 1. The average molecular weight is 430 g/mol. The molecule has 11 heteroatoms. The van der Waals surface area contributed by atoms with Crippen LogP contribution in [-0.4, -0.2) is 49.1 Å². The maximum Gasteiger partial charge on any atom is 0.522 e. The van der Waals surface area contributed by atoms with Crippen molar-refractivity contribution in [2.24, 2.45) is 0 Å². The van der Waals surface area contributed by atoms with Crippen molar-refractivity contribution in [2.45, 2.75) is 5.51 Å². The number of ketones is 2. The predicted octanol–water partition coefficient (Wildman–Crippen LogP) is 3.16. The zero-order valence-electron chi connectivity index (χ0n) is 15.3. The molecule has 0 saturated carbocycles. The van der Waals surface area contributed by atoms with Gasteiger partial charge in [-0.2, -0.15) is 21.6 Å². The molecule has 1 aliphatic rings. The second-order valence-corrected chi connectivity index (χ2v) is 7.04. The summed E-state index contributed by atoms with van der Waals surface area (Å²) in [5, 5.41) is 0. The van der Waals surface area contributed by atoms with Crippen molar-refractivity contribution in [1.82, 2.24) is 4.98 Å². The zero-order chi connectivity index (χ0) is 22.2. The fourth-order valence-electron chi connectivity index (χ4n) is 1.89. The van der Waals surface area contributed by atoms with Gasteiger partial charge in [0.05, 0.1) is 0 Å². The fraction of sp³-hybridized carbons (Fsp3) is 0.167. The quantitative estimate of drug-likeness (QED) is 0.547. The summed E-state index contributed by atoms with van der Waals surface area (Å²) in [6.45, 7) is 0. The highest BCUT2D eigenvalue weighted by Crippen LogP contribution is 2.20. The van der Waals surface area contributed by atoms with Crippen LogP contribution in [0.3, 0.4) is 0 Å². The second kappa shape index (κ2) is 9.94. The molecule has 3 rings (SSSR count). The minimum absolute atomic E-state index is 0.0924. The van der Waals surface area contributed by atoms with Crippen LogP contribution in [0.15, 0.2) is 60.9 Å². The predicted molar refractivity (Wildman–Crippen MR) is 100 cm³/mol. The summed E-state index contributed by atoms with van der Waals surface area (Å²) in [5.41, 5.74) is -3.34. The summed E-state index contributed by atoms with van der Waals surface area (Å²) in [4.78, 5) is 28.3. The lowest BCUT2D eigenvalue weighted by atomic mass is 9.95. The van der Waals surface area contributed by atoms with Gasteiger partial charge in [0.2, 0.25) is 0 Å². The van der Waals surface area contributed by atoms with Crippen LogP contribution in [0.25, 0.3) is 0 Å². The summed E-state index contributed by atoms with van der Waals surface area (Å²) in [6, 6.07) is 10.8. The third kappa shape index (κ3) is 7.47. The lowest BCUT2D eigenvalue weighted by Crippen LogP contribution is -2.21. The van der Waals surface area contributed by atoms with E-state index in [4.69, 9.17) is 13.0 Å². The van der Waals surface area contributed by atoms with Gasteiger partial charge < -0.3 is 4.90 Å². The van der Waals surface area contributed by atoms with E-state index < -0.39 is 15.6 Å². The lowest BCUT2D eigenvalue weighted by Gasteiger charge is -2.10. The summed E-state index contributed by atoms with van der Waals surface area (Å²) in [6.07, 6.45) is 6.19. The van der Waals surface area contributed by atoms with Crippen molar-refractivity contribution in [1.29, 1.82) is 0 Å². The number of hydrogen-bond acceptors (Lipinski definition) is 6. The van der Waals surface area contributed by atoms with Crippen LogP contribution in [0.2, 0.25) is 0 Å². The third-order valence-electron chi connectivity index (χ3n) is 3.32. The number of carbonyl (C=O) groups excluding carboxylic acids is 2. The number of halogens is 3. The molecule has 1 aliphatic carbocycles. The third-order valence-corrected chi connectivity index (χ3v) is 3.90. The molecule has 0 amide bonds. The highest BCUT2D eigenvalue weighted by atomic mass is 32.2. The molecule has 0 fully saturated rings. The van der Waals surface area contributed by atoms with Gasteiger partial charge in [-0.05, 0) is 24.3 Å². The Morgan fingerprint density at radius 1 is 0.897 bits per heavy atom. The van der Waals surface area contributed by atoms with Crippen LogP contribution in [0, 0.1) is 0 Å². The average Bonchev–Trinajstić information content (AvgIpc) is 2.65. The van der Waals surface area contributed by atoms with Gasteiger partial charge >= 0.3 is 15.6 Å². The molecule has 1 aromatic carbocycles. The Balaban J connectivity index is 0.000000224. The Morgan fingerprint density at radius 2 is 1.28 bits per heavy atom. The standard InChI is InChI=1S/C10H6O2.C7H10N2.CHF3O3S/c11-9-5-6-10(12)8-4-2-1-3-7(8)9;1-9(2)7-3-5-8-6-4-7;2-1(3,4)8(5,6)7/h1-6H;3-6H,1-2H3;(H,5,6,7). The van der Waals surface area contributed by atoms with E-state index in [1.165, 1.54) is 17.8 Å². The first-order valence-electron chi connectivity index (χ1n) is 7.81. The van der Waals surface area contributed by atoms with Gasteiger partial charge in [-0.1, -0.05) is 24.3 Å². The van der Waals surface area contributed by atoms with Crippen LogP contribution in [-0.2, 0) is 10.1 Å². The zero-order valence-corrected chi connectivity index (χ0v) is 16.1. The van der Waals surface area contributed by atoms with Gasteiger partial charge in [0, 0.05) is 43.3 Å². The van der Waals surface area contributed by atoms with E-state index >= 15 is 0 Å². The minimum Gasteiger partial charge on any atom is -0.378 e. The van der Waals surface area contributed by atoms with E-state index in [1.54, 1.807) is 36.7 Å². The molecular formula is C18H17F3N2O5S. The molecule has 0 atom stereocenters. The van der Waals surface area contributed by atoms with Gasteiger partial charge in [-0.15, -0.1) is 0 Å². The van der Waals surface area contributed by atoms with Crippen LogP contribution < -0.4 is 4.90 Å². The molecule has 1 N–H and O–H groups in total. The van der Waals surface area contributed by atoms with E-state index in [2.05, 4.69) is 4.98 Å². The molecule has 0 radical (unpaired) electrons. The lowest BCUT2D eigenvalue weighted by molar-refractivity contribution is -0.0510. The van der Waals surface area contributed by atoms with Crippen molar-refractivity contribution < 1.29 is 35.7 Å². The molecule has 0 unspecified atom stereocenters. The van der Waals surface area contributed by atoms with Crippen molar-refractivity contribution in [3.8, 4) is 0 Å². The summed E-state index contributed by atoms with van der Waals surface area (Å²) in [7, 11) is -1.82. The number of carbonyl (C=O) groups is 2.